The first kappa shape index (κ1) is 25.5. The van der Waals surface area contributed by atoms with Gasteiger partial charge in [-0.3, -0.25) is 4.79 Å². The zero-order chi connectivity index (χ0) is 26.5. The van der Waals surface area contributed by atoms with E-state index in [-0.39, 0.29) is 60.2 Å². The van der Waals surface area contributed by atoms with Gasteiger partial charge in [-0.1, -0.05) is 6.07 Å². The first-order chi connectivity index (χ1) is 17.9. The fourth-order valence-electron chi connectivity index (χ4n) is 3.71. The third-order valence-electron chi connectivity index (χ3n) is 5.27. The van der Waals surface area contributed by atoms with E-state index in [0.29, 0.717) is 16.5 Å². The van der Waals surface area contributed by atoms with Crippen molar-refractivity contribution in [3.8, 4) is 16.9 Å². The van der Waals surface area contributed by atoms with E-state index < -0.39 is 23.3 Å². The molecular formula is C27H24O10. The Bertz CT molecular complexity index is 1540. The van der Waals surface area contributed by atoms with Crippen LogP contribution in [-0.4, -0.2) is 44.3 Å². The second kappa shape index (κ2) is 11.0. The molecule has 2 heterocycles. The van der Waals surface area contributed by atoms with Crippen molar-refractivity contribution in [1.29, 1.82) is 0 Å². The molecule has 0 atom stereocenters. The molecule has 0 spiro atoms. The highest BCUT2D eigenvalue weighted by molar-refractivity contribution is 6.00. The van der Waals surface area contributed by atoms with Gasteiger partial charge in [0.05, 0.1) is 30.8 Å². The van der Waals surface area contributed by atoms with E-state index in [2.05, 4.69) is 0 Å². The number of rotatable bonds is 9. The summed E-state index contributed by atoms with van der Waals surface area (Å²) in [6, 6.07) is 10.7. The summed E-state index contributed by atoms with van der Waals surface area (Å²) in [5.74, 6) is -2.02. The lowest BCUT2D eigenvalue weighted by Gasteiger charge is -2.11. The lowest BCUT2D eigenvalue weighted by atomic mass is 10.0. The minimum atomic E-state index is -0.825. The lowest BCUT2D eigenvalue weighted by molar-refractivity contribution is -0.145. The molecule has 37 heavy (non-hydrogen) atoms. The summed E-state index contributed by atoms with van der Waals surface area (Å²) < 4.78 is 31.8. The topological polar surface area (TPSA) is 131 Å². The summed E-state index contributed by atoms with van der Waals surface area (Å²) in [5, 5.41) is 0.712. The first-order valence-electron chi connectivity index (χ1n) is 11.6. The molecule has 0 aliphatic carbocycles. The molecule has 0 N–H and O–H groups in total. The van der Waals surface area contributed by atoms with Crippen molar-refractivity contribution in [1.82, 2.24) is 0 Å². The van der Waals surface area contributed by atoms with E-state index >= 15 is 0 Å². The van der Waals surface area contributed by atoms with E-state index in [1.165, 1.54) is 24.3 Å². The van der Waals surface area contributed by atoms with Crippen molar-refractivity contribution in [3.05, 3.63) is 64.2 Å². The third-order valence-corrected chi connectivity index (χ3v) is 5.27. The van der Waals surface area contributed by atoms with Crippen LogP contribution in [0.5, 0.6) is 5.75 Å². The van der Waals surface area contributed by atoms with Gasteiger partial charge in [-0.25, -0.2) is 14.4 Å². The largest absolute Gasteiger partial charge is 0.482 e. The predicted octanol–water partition coefficient (Wildman–Crippen LogP) is 4.50. The molecule has 0 radical (unpaired) electrons. The average molecular weight is 508 g/mol. The average Bonchev–Trinajstić information content (AvgIpc) is 3.31. The second-order valence-electron chi connectivity index (χ2n) is 7.69. The highest BCUT2D eigenvalue weighted by Gasteiger charge is 2.24. The van der Waals surface area contributed by atoms with E-state index in [9.17, 15) is 19.2 Å². The minimum absolute atomic E-state index is 0.00748. The Morgan fingerprint density at radius 1 is 0.784 bits per heavy atom. The van der Waals surface area contributed by atoms with Crippen LogP contribution in [0.25, 0.3) is 33.1 Å². The molecule has 0 bridgehead atoms. The smallest absolute Gasteiger partial charge is 0.375 e. The monoisotopic (exact) mass is 508 g/mol. The molecule has 0 amide bonds. The summed E-state index contributed by atoms with van der Waals surface area (Å²) in [5.41, 5.74) is 0.358. The number of hydrogen-bond acceptors (Lipinski definition) is 10. The van der Waals surface area contributed by atoms with Crippen molar-refractivity contribution < 1.29 is 42.2 Å². The Morgan fingerprint density at radius 2 is 1.51 bits per heavy atom. The van der Waals surface area contributed by atoms with Gasteiger partial charge in [0.1, 0.15) is 16.9 Å². The third kappa shape index (κ3) is 5.32. The lowest BCUT2D eigenvalue weighted by Crippen LogP contribution is -2.16. The number of furan rings is 1. The molecule has 192 valence electrons. The van der Waals surface area contributed by atoms with E-state index in [1.54, 1.807) is 39.0 Å². The second-order valence-corrected chi connectivity index (χ2v) is 7.69. The SMILES string of the molecule is CCOC(=O)COc1ccc2c(=O)c(-c3ccc4oc(C(=O)OCC)cc4c3)c(C(=O)OCC)oc2c1. The fourth-order valence-corrected chi connectivity index (χ4v) is 3.71. The summed E-state index contributed by atoms with van der Waals surface area (Å²) in [6.45, 7) is 5.14. The molecular weight excluding hydrogens is 484 g/mol. The summed E-state index contributed by atoms with van der Waals surface area (Å²) in [4.78, 5) is 50.0. The van der Waals surface area contributed by atoms with Crippen molar-refractivity contribution in [2.75, 3.05) is 26.4 Å². The van der Waals surface area contributed by atoms with E-state index in [0.717, 1.165) is 0 Å². The maximum atomic E-state index is 13.6. The van der Waals surface area contributed by atoms with Crippen molar-refractivity contribution in [2.24, 2.45) is 0 Å². The molecule has 0 aliphatic rings. The molecule has 0 unspecified atom stereocenters. The maximum absolute atomic E-state index is 13.6. The Balaban J connectivity index is 1.81. The molecule has 0 fully saturated rings. The van der Waals surface area contributed by atoms with Gasteiger partial charge in [0.2, 0.25) is 16.9 Å². The molecule has 0 aliphatic heterocycles. The zero-order valence-corrected chi connectivity index (χ0v) is 20.5. The summed E-state index contributed by atoms with van der Waals surface area (Å²) in [6.07, 6.45) is 0. The molecule has 0 saturated carbocycles. The highest BCUT2D eigenvalue weighted by atomic mass is 16.6. The van der Waals surface area contributed by atoms with Crippen molar-refractivity contribution >= 4 is 39.8 Å². The van der Waals surface area contributed by atoms with Gasteiger partial charge < -0.3 is 27.8 Å². The van der Waals surface area contributed by atoms with Gasteiger partial charge in [-0.2, -0.15) is 0 Å². The van der Waals surface area contributed by atoms with E-state index in [1.807, 2.05) is 0 Å². The van der Waals surface area contributed by atoms with Crippen LogP contribution in [0.1, 0.15) is 41.9 Å². The van der Waals surface area contributed by atoms with Crippen LogP contribution in [0.2, 0.25) is 0 Å². The Morgan fingerprint density at radius 3 is 2.24 bits per heavy atom. The van der Waals surface area contributed by atoms with Gasteiger partial charge in [-0.15, -0.1) is 0 Å². The van der Waals surface area contributed by atoms with Crippen LogP contribution in [0.15, 0.2) is 56.1 Å². The number of ether oxygens (including phenoxy) is 4. The van der Waals surface area contributed by atoms with Crippen molar-refractivity contribution in [2.45, 2.75) is 20.8 Å². The van der Waals surface area contributed by atoms with Gasteiger partial charge >= 0.3 is 17.9 Å². The molecule has 4 rings (SSSR count). The standard InChI is InChI=1S/C27H24O10/c1-4-32-22(28)14-35-17-8-9-18-20(13-17)37-25(27(31)34-6-3)23(24(18)29)15-7-10-19-16(11-15)12-21(36-19)26(30)33-5-2/h7-13H,4-6,14H2,1-3H3. The van der Waals surface area contributed by atoms with Crippen LogP contribution in [0.4, 0.5) is 0 Å². The van der Waals surface area contributed by atoms with Crippen LogP contribution >= 0.6 is 0 Å². The summed E-state index contributed by atoms with van der Waals surface area (Å²) >= 11 is 0. The maximum Gasteiger partial charge on any atom is 0.375 e. The number of fused-ring (bicyclic) bond motifs is 2. The molecule has 10 nitrogen and oxygen atoms in total. The Kier molecular flexibility index (Phi) is 7.57. The van der Waals surface area contributed by atoms with Crippen LogP contribution < -0.4 is 10.2 Å². The molecule has 2 aromatic carbocycles. The number of carbonyl (C=O) groups excluding carboxylic acids is 3. The number of hydrogen-bond donors (Lipinski definition) is 0. The fraction of sp³-hybridized carbons (Fsp3) is 0.259. The predicted molar refractivity (Wildman–Crippen MR) is 132 cm³/mol. The number of esters is 3. The van der Waals surface area contributed by atoms with E-state index in [4.69, 9.17) is 27.8 Å². The van der Waals surface area contributed by atoms with Crippen molar-refractivity contribution in [3.63, 3.8) is 0 Å². The quantitative estimate of drug-likeness (QED) is 0.235. The van der Waals surface area contributed by atoms with Gasteiger partial charge in [0, 0.05) is 11.5 Å². The number of benzene rings is 2. The molecule has 0 saturated heterocycles. The normalized spacial score (nSPS) is 10.9. The molecule has 2 aromatic heterocycles. The Labute approximate surface area is 210 Å². The minimum Gasteiger partial charge on any atom is -0.482 e. The highest BCUT2D eigenvalue weighted by Crippen LogP contribution is 2.31. The Hall–Kier alpha value is -4.60. The van der Waals surface area contributed by atoms with Gasteiger partial charge in [0.25, 0.3) is 0 Å². The number of carbonyl (C=O) groups is 3. The molecule has 4 aromatic rings. The van der Waals surface area contributed by atoms with Gasteiger partial charge in [-0.05, 0) is 56.7 Å². The van der Waals surface area contributed by atoms with Crippen LogP contribution in [0.3, 0.4) is 0 Å². The van der Waals surface area contributed by atoms with Crippen LogP contribution in [-0.2, 0) is 19.0 Å². The van der Waals surface area contributed by atoms with Crippen LogP contribution in [0, 0.1) is 0 Å². The first-order valence-corrected chi connectivity index (χ1v) is 11.6. The van der Waals surface area contributed by atoms with Gasteiger partial charge in [0.15, 0.2) is 6.61 Å². The zero-order valence-electron chi connectivity index (χ0n) is 20.5. The molecule has 10 heteroatoms. The summed E-state index contributed by atoms with van der Waals surface area (Å²) in [7, 11) is 0.